The smallest absolute Gasteiger partial charge is 0.254 e. The highest BCUT2D eigenvalue weighted by atomic mass is 16.5. The van der Waals surface area contributed by atoms with Crippen LogP contribution in [0.1, 0.15) is 35.2 Å². The van der Waals surface area contributed by atoms with Crippen LogP contribution in [0.15, 0.2) is 24.3 Å². The minimum atomic E-state index is -0.731. The number of primary amides is 1. The number of hydrogen-bond donors (Lipinski definition) is 2. The van der Waals surface area contributed by atoms with E-state index in [0.29, 0.717) is 5.52 Å². The third kappa shape index (κ3) is 1.91. The number of carbonyl (C=O) groups is 1. The van der Waals surface area contributed by atoms with Crippen LogP contribution in [0.2, 0.25) is 0 Å². The predicted molar refractivity (Wildman–Crippen MR) is 74.6 cm³/mol. The van der Waals surface area contributed by atoms with Gasteiger partial charge in [0, 0.05) is 5.39 Å². The van der Waals surface area contributed by atoms with Crippen molar-refractivity contribution in [2.45, 2.75) is 24.9 Å². The summed E-state index contributed by atoms with van der Waals surface area (Å²) in [4.78, 5) is 15.7. The van der Waals surface area contributed by atoms with Gasteiger partial charge in [-0.2, -0.15) is 0 Å². The molecule has 0 atom stereocenters. The molecular weight excluding hydrogens is 256 g/mol. The summed E-state index contributed by atoms with van der Waals surface area (Å²) in [7, 11) is 1.45. The molecule has 5 nitrogen and oxygen atoms in total. The number of methoxy groups -OCH3 is 1. The Morgan fingerprint density at radius 2 is 2.15 bits per heavy atom. The second-order valence-corrected chi connectivity index (χ2v) is 5.20. The van der Waals surface area contributed by atoms with Crippen molar-refractivity contribution in [2.75, 3.05) is 7.11 Å². The largest absolute Gasteiger partial charge is 0.480 e. The molecule has 0 radical (unpaired) electrons. The van der Waals surface area contributed by atoms with Gasteiger partial charge >= 0.3 is 0 Å². The summed E-state index contributed by atoms with van der Waals surface area (Å²) >= 11 is 0. The molecule has 0 spiro atoms. The van der Waals surface area contributed by atoms with Gasteiger partial charge < -0.3 is 15.6 Å². The van der Waals surface area contributed by atoms with E-state index in [1.54, 1.807) is 6.07 Å². The van der Waals surface area contributed by atoms with Gasteiger partial charge in [-0.15, -0.1) is 0 Å². The number of pyridine rings is 1. The molecule has 3 N–H and O–H groups in total. The van der Waals surface area contributed by atoms with E-state index in [4.69, 9.17) is 10.5 Å². The van der Waals surface area contributed by atoms with Gasteiger partial charge in [-0.05, 0) is 37.0 Å². The van der Waals surface area contributed by atoms with E-state index in [2.05, 4.69) is 4.98 Å². The Hall–Kier alpha value is -2.14. The van der Waals surface area contributed by atoms with Crippen LogP contribution in [0.3, 0.4) is 0 Å². The molecule has 104 valence electrons. The summed E-state index contributed by atoms with van der Waals surface area (Å²) in [6.45, 7) is 0. The summed E-state index contributed by atoms with van der Waals surface area (Å²) in [5.74, 6) is -0.360. The lowest BCUT2D eigenvalue weighted by Gasteiger charge is -2.37. The van der Waals surface area contributed by atoms with Crippen LogP contribution in [0.5, 0.6) is 5.88 Å². The number of aliphatic hydroxyl groups is 1. The van der Waals surface area contributed by atoms with Crippen molar-refractivity contribution in [1.82, 2.24) is 4.98 Å². The fraction of sp³-hybridized carbons (Fsp3) is 0.333. The standard InChI is InChI=1S/C15H16N2O3/c1-20-14-11(13(16)18)7-9-3-4-10(8-12(9)17-14)15(19)5-2-6-15/h3-4,7-8,19H,2,5-6H2,1H3,(H2,16,18). The first-order chi connectivity index (χ1) is 9.53. The van der Waals surface area contributed by atoms with Gasteiger partial charge in [-0.3, -0.25) is 4.79 Å². The van der Waals surface area contributed by atoms with E-state index >= 15 is 0 Å². The van der Waals surface area contributed by atoms with Gasteiger partial charge in [0.05, 0.1) is 18.2 Å². The van der Waals surface area contributed by atoms with Crippen molar-refractivity contribution in [2.24, 2.45) is 5.73 Å². The van der Waals surface area contributed by atoms with E-state index < -0.39 is 11.5 Å². The number of nitrogens with two attached hydrogens (primary N) is 1. The Morgan fingerprint density at radius 3 is 2.70 bits per heavy atom. The Morgan fingerprint density at radius 1 is 1.40 bits per heavy atom. The minimum Gasteiger partial charge on any atom is -0.480 e. The van der Waals surface area contributed by atoms with Crippen molar-refractivity contribution in [1.29, 1.82) is 0 Å². The van der Waals surface area contributed by atoms with Crippen molar-refractivity contribution in [3.05, 3.63) is 35.4 Å². The molecule has 1 aliphatic carbocycles. The maximum absolute atomic E-state index is 11.4. The second-order valence-electron chi connectivity index (χ2n) is 5.20. The molecule has 1 aromatic carbocycles. The maximum Gasteiger partial charge on any atom is 0.254 e. The molecule has 0 unspecified atom stereocenters. The first-order valence-corrected chi connectivity index (χ1v) is 6.55. The van der Waals surface area contributed by atoms with Crippen molar-refractivity contribution in [3.63, 3.8) is 0 Å². The lowest BCUT2D eigenvalue weighted by molar-refractivity contribution is -0.0386. The number of hydrogen-bond acceptors (Lipinski definition) is 4. The third-order valence-corrected chi connectivity index (χ3v) is 3.96. The summed E-state index contributed by atoms with van der Waals surface area (Å²) in [6, 6.07) is 7.24. The first-order valence-electron chi connectivity index (χ1n) is 6.55. The molecule has 20 heavy (non-hydrogen) atoms. The molecule has 1 heterocycles. The molecule has 1 amide bonds. The number of nitrogens with zero attached hydrogens (tertiary/aromatic N) is 1. The number of fused-ring (bicyclic) bond motifs is 1. The van der Waals surface area contributed by atoms with Gasteiger partial charge in [-0.1, -0.05) is 12.1 Å². The molecule has 2 aromatic rings. The third-order valence-electron chi connectivity index (χ3n) is 3.96. The van der Waals surface area contributed by atoms with Gasteiger partial charge in [0.2, 0.25) is 5.88 Å². The SMILES string of the molecule is COc1nc2cc(C3(O)CCC3)ccc2cc1C(N)=O. The van der Waals surface area contributed by atoms with Crippen molar-refractivity contribution < 1.29 is 14.6 Å². The Kier molecular flexibility index (Phi) is 2.87. The number of benzene rings is 1. The molecule has 1 saturated carbocycles. The zero-order chi connectivity index (χ0) is 14.3. The van der Waals surface area contributed by atoms with E-state index in [1.165, 1.54) is 7.11 Å². The fourth-order valence-corrected chi connectivity index (χ4v) is 2.57. The van der Waals surface area contributed by atoms with Crippen LogP contribution in [-0.2, 0) is 5.60 Å². The number of carbonyl (C=O) groups excluding carboxylic acids is 1. The van der Waals surface area contributed by atoms with Crippen LogP contribution in [0.4, 0.5) is 0 Å². The number of rotatable bonds is 3. The van der Waals surface area contributed by atoms with Gasteiger partial charge in [-0.25, -0.2) is 4.98 Å². The summed E-state index contributed by atoms with van der Waals surface area (Å²) in [6.07, 6.45) is 2.58. The molecular formula is C15H16N2O3. The molecule has 1 aliphatic rings. The van der Waals surface area contributed by atoms with Crippen LogP contribution in [-0.4, -0.2) is 23.1 Å². The Balaban J connectivity index is 2.15. The summed E-state index contributed by atoms with van der Waals surface area (Å²) < 4.78 is 5.11. The first kappa shape index (κ1) is 12.9. The number of aromatic nitrogens is 1. The average Bonchev–Trinajstić information content (AvgIpc) is 2.42. The van der Waals surface area contributed by atoms with Gasteiger partial charge in [0.25, 0.3) is 5.91 Å². The lowest BCUT2D eigenvalue weighted by atomic mass is 9.75. The molecule has 0 bridgehead atoms. The predicted octanol–water partition coefficient (Wildman–Crippen LogP) is 1.71. The van der Waals surface area contributed by atoms with E-state index in [0.717, 1.165) is 30.2 Å². The quantitative estimate of drug-likeness (QED) is 0.890. The highest BCUT2D eigenvalue weighted by Crippen LogP contribution is 2.41. The zero-order valence-corrected chi connectivity index (χ0v) is 11.2. The number of ether oxygens (including phenoxy) is 1. The lowest BCUT2D eigenvalue weighted by Crippen LogP contribution is -2.33. The molecule has 0 saturated heterocycles. The van der Waals surface area contributed by atoms with Crippen molar-refractivity contribution >= 4 is 16.8 Å². The van der Waals surface area contributed by atoms with E-state index in [9.17, 15) is 9.90 Å². The van der Waals surface area contributed by atoms with Gasteiger partial charge in [0.1, 0.15) is 5.56 Å². The topological polar surface area (TPSA) is 85.4 Å². The second kappa shape index (κ2) is 4.45. The summed E-state index contributed by atoms with van der Waals surface area (Å²) in [5.41, 5.74) is 6.38. The highest BCUT2D eigenvalue weighted by Gasteiger charge is 2.36. The normalized spacial score (nSPS) is 16.7. The zero-order valence-electron chi connectivity index (χ0n) is 11.2. The number of amides is 1. The molecule has 0 aliphatic heterocycles. The van der Waals surface area contributed by atoms with E-state index in [1.807, 2.05) is 18.2 Å². The minimum absolute atomic E-state index is 0.211. The van der Waals surface area contributed by atoms with Crippen LogP contribution in [0, 0.1) is 0 Å². The van der Waals surface area contributed by atoms with Crippen LogP contribution >= 0.6 is 0 Å². The van der Waals surface area contributed by atoms with Gasteiger partial charge in [0.15, 0.2) is 0 Å². The van der Waals surface area contributed by atoms with E-state index in [-0.39, 0.29) is 11.4 Å². The van der Waals surface area contributed by atoms with Crippen LogP contribution < -0.4 is 10.5 Å². The van der Waals surface area contributed by atoms with Crippen molar-refractivity contribution in [3.8, 4) is 5.88 Å². The Bertz CT molecular complexity index is 693. The monoisotopic (exact) mass is 272 g/mol. The summed E-state index contributed by atoms with van der Waals surface area (Å²) in [5, 5.41) is 11.2. The molecule has 1 aromatic heterocycles. The fourth-order valence-electron chi connectivity index (χ4n) is 2.57. The maximum atomic E-state index is 11.4. The molecule has 3 rings (SSSR count). The molecule has 1 fully saturated rings. The average molecular weight is 272 g/mol. The Labute approximate surface area is 116 Å². The molecule has 5 heteroatoms. The highest BCUT2D eigenvalue weighted by molar-refractivity contribution is 5.98. The van der Waals surface area contributed by atoms with Crippen LogP contribution in [0.25, 0.3) is 10.9 Å².